The molecule has 2 N–H and O–H groups in total. The minimum atomic E-state index is -0.629. The number of nitrogens with two attached hydrogens (primary N) is 1. The number of benzene rings is 1. The molecule has 7 heteroatoms. The zero-order chi connectivity index (χ0) is 16.8. The van der Waals surface area contributed by atoms with Crippen LogP contribution in [0.3, 0.4) is 0 Å². The summed E-state index contributed by atoms with van der Waals surface area (Å²) >= 11 is 0. The van der Waals surface area contributed by atoms with Crippen LogP contribution >= 0.6 is 0 Å². The predicted molar refractivity (Wildman–Crippen MR) is 81.9 cm³/mol. The maximum atomic E-state index is 14.0. The molecule has 1 aromatic heterocycles. The van der Waals surface area contributed by atoms with Gasteiger partial charge in [0.25, 0.3) is 0 Å². The maximum absolute atomic E-state index is 14.0. The molecule has 3 atom stereocenters. The molecule has 2 aromatic rings. The number of halogens is 2. The first kappa shape index (κ1) is 15.7. The average Bonchev–Trinajstić information content (AvgIpc) is 3.07. The van der Waals surface area contributed by atoms with Crippen LogP contribution in [-0.4, -0.2) is 28.6 Å². The van der Waals surface area contributed by atoms with E-state index >= 15 is 0 Å². The molecule has 0 radical (unpaired) electrons. The van der Waals surface area contributed by atoms with Gasteiger partial charge >= 0.3 is 0 Å². The Balaban J connectivity index is 1.45. The van der Waals surface area contributed by atoms with Gasteiger partial charge in [0.05, 0.1) is 18.8 Å². The average molecular weight is 335 g/mol. The lowest BCUT2D eigenvalue weighted by Crippen LogP contribution is -2.47. The van der Waals surface area contributed by atoms with Crippen LogP contribution in [0.25, 0.3) is 0 Å². The summed E-state index contributed by atoms with van der Waals surface area (Å²) in [6.07, 6.45) is 0.0139. The second kappa shape index (κ2) is 5.91. The first-order valence-corrected chi connectivity index (χ1v) is 8.02. The Kier molecular flexibility index (Phi) is 3.86. The summed E-state index contributed by atoms with van der Waals surface area (Å²) in [6.45, 7) is 3.63. The molecule has 0 amide bonds. The zero-order valence-electron chi connectivity index (χ0n) is 13.3. The van der Waals surface area contributed by atoms with Gasteiger partial charge in [-0.25, -0.2) is 13.8 Å². The molecular formula is C17H19F2N3O2. The van der Waals surface area contributed by atoms with Crippen molar-refractivity contribution in [2.24, 2.45) is 5.73 Å². The van der Waals surface area contributed by atoms with Crippen LogP contribution in [0.5, 0.6) is 0 Å². The molecule has 4 rings (SSSR count). The molecule has 0 spiro atoms. The van der Waals surface area contributed by atoms with Crippen LogP contribution in [0.1, 0.15) is 35.4 Å². The van der Waals surface area contributed by atoms with E-state index in [9.17, 15) is 8.78 Å². The minimum absolute atomic E-state index is 0.109. The normalized spacial score (nSPS) is 27.4. The highest BCUT2D eigenvalue weighted by Gasteiger charge is 2.37. The van der Waals surface area contributed by atoms with Gasteiger partial charge in [0.15, 0.2) is 5.89 Å². The molecule has 1 fully saturated rings. The van der Waals surface area contributed by atoms with E-state index in [4.69, 9.17) is 14.9 Å². The van der Waals surface area contributed by atoms with Crippen LogP contribution < -0.4 is 5.73 Å². The lowest BCUT2D eigenvalue weighted by molar-refractivity contribution is -0.0540. The van der Waals surface area contributed by atoms with Crippen molar-refractivity contribution in [2.75, 3.05) is 6.61 Å². The van der Waals surface area contributed by atoms with E-state index < -0.39 is 23.8 Å². The van der Waals surface area contributed by atoms with Crippen LogP contribution in [-0.2, 0) is 17.8 Å². The second-order valence-electron chi connectivity index (χ2n) is 6.48. The number of fused-ring (bicyclic) bond motifs is 1. The molecule has 2 aliphatic rings. The van der Waals surface area contributed by atoms with Crippen LogP contribution in [0.2, 0.25) is 0 Å². The molecule has 2 aliphatic heterocycles. The van der Waals surface area contributed by atoms with Gasteiger partial charge in [-0.15, -0.1) is 0 Å². The first-order valence-electron chi connectivity index (χ1n) is 8.02. The highest BCUT2D eigenvalue weighted by atomic mass is 19.1. The summed E-state index contributed by atoms with van der Waals surface area (Å²) in [6, 6.07) is 3.08. The quantitative estimate of drug-likeness (QED) is 0.913. The van der Waals surface area contributed by atoms with E-state index in [-0.39, 0.29) is 11.6 Å². The molecule has 24 heavy (non-hydrogen) atoms. The fourth-order valence-corrected chi connectivity index (χ4v) is 3.60. The zero-order valence-corrected chi connectivity index (χ0v) is 13.3. The summed E-state index contributed by atoms with van der Waals surface area (Å²) in [4.78, 5) is 6.57. The number of aryl methyl sites for hydroxylation is 1. The lowest BCUT2D eigenvalue weighted by Gasteiger charge is -2.38. The van der Waals surface area contributed by atoms with Gasteiger partial charge in [-0.1, -0.05) is 0 Å². The third-order valence-corrected chi connectivity index (χ3v) is 4.77. The van der Waals surface area contributed by atoms with Gasteiger partial charge in [0.1, 0.15) is 23.5 Å². The number of hydrogen-bond acceptors (Lipinski definition) is 5. The van der Waals surface area contributed by atoms with Crippen molar-refractivity contribution < 1.29 is 17.9 Å². The molecule has 0 aliphatic carbocycles. The highest BCUT2D eigenvalue weighted by molar-refractivity contribution is 5.23. The third-order valence-electron chi connectivity index (χ3n) is 4.77. The highest BCUT2D eigenvalue weighted by Crippen LogP contribution is 2.34. The smallest absolute Gasteiger partial charge is 0.191 e. The van der Waals surface area contributed by atoms with Gasteiger partial charge in [-0.05, 0) is 24.6 Å². The van der Waals surface area contributed by atoms with Crippen LogP contribution in [0.4, 0.5) is 8.78 Å². The largest absolute Gasteiger partial charge is 0.444 e. The van der Waals surface area contributed by atoms with Crippen LogP contribution in [0.15, 0.2) is 22.6 Å². The molecule has 0 unspecified atom stereocenters. The lowest BCUT2D eigenvalue weighted by atomic mass is 9.93. The van der Waals surface area contributed by atoms with Gasteiger partial charge in [-0.3, -0.25) is 4.90 Å². The Bertz CT molecular complexity index is 741. The number of nitrogens with zero attached hydrogens (tertiary/aromatic N) is 2. The first-order chi connectivity index (χ1) is 11.5. The van der Waals surface area contributed by atoms with Crippen molar-refractivity contribution >= 4 is 0 Å². The molecule has 0 bridgehead atoms. The Hall–Kier alpha value is -1.83. The maximum Gasteiger partial charge on any atom is 0.191 e. The number of aromatic nitrogens is 1. The molecule has 1 saturated heterocycles. The number of rotatable bonds is 2. The van der Waals surface area contributed by atoms with E-state index in [0.717, 1.165) is 29.7 Å². The summed E-state index contributed by atoms with van der Waals surface area (Å²) in [5.41, 5.74) is 7.36. The molecule has 5 nitrogen and oxygen atoms in total. The molecule has 1 aromatic carbocycles. The number of oxazole rings is 1. The molecule has 0 saturated carbocycles. The second-order valence-corrected chi connectivity index (χ2v) is 6.48. The van der Waals surface area contributed by atoms with Crippen LogP contribution in [0, 0.1) is 18.6 Å². The summed E-state index contributed by atoms with van der Waals surface area (Å²) in [5, 5.41) is 0. The van der Waals surface area contributed by atoms with Gasteiger partial charge in [0, 0.05) is 31.1 Å². The molecule has 128 valence electrons. The predicted octanol–water partition coefficient (Wildman–Crippen LogP) is 2.43. The monoisotopic (exact) mass is 335 g/mol. The van der Waals surface area contributed by atoms with Crippen molar-refractivity contribution in [3.63, 3.8) is 0 Å². The molecular weight excluding hydrogens is 316 g/mol. The summed E-state index contributed by atoms with van der Waals surface area (Å²) in [7, 11) is 0. The minimum Gasteiger partial charge on any atom is -0.444 e. The summed E-state index contributed by atoms with van der Waals surface area (Å²) < 4.78 is 38.8. The Morgan fingerprint density at radius 1 is 1.29 bits per heavy atom. The van der Waals surface area contributed by atoms with Crippen molar-refractivity contribution in [1.29, 1.82) is 0 Å². The summed E-state index contributed by atoms with van der Waals surface area (Å²) in [5.74, 6) is 0.586. The van der Waals surface area contributed by atoms with Gasteiger partial charge < -0.3 is 14.9 Å². The van der Waals surface area contributed by atoms with E-state index in [2.05, 4.69) is 9.88 Å². The van der Waals surface area contributed by atoms with E-state index in [0.29, 0.717) is 32.0 Å². The Labute approximate surface area is 138 Å². The molecule has 3 heterocycles. The van der Waals surface area contributed by atoms with Crippen molar-refractivity contribution in [3.8, 4) is 0 Å². The van der Waals surface area contributed by atoms with E-state index in [1.807, 2.05) is 6.92 Å². The SMILES string of the molecule is Cc1nc2c(o1)CN([C@H]1CO[C@H](c3cc(F)ccc3F)[C@@H](N)C1)C2. The fourth-order valence-electron chi connectivity index (χ4n) is 3.60. The third kappa shape index (κ3) is 2.72. The van der Waals surface area contributed by atoms with Gasteiger partial charge in [-0.2, -0.15) is 0 Å². The Morgan fingerprint density at radius 2 is 2.12 bits per heavy atom. The number of ether oxygens (including phenoxy) is 1. The number of hydrogen-bond donors (Lipinski definition) is 1. The standard InChI is InChI=1S/C17H19F2N3O2/c1-9-21-15-6-22(7-16(15)24-9)11-5-14(20)17(23-8-11)12-4-10(18)2-3-13(12)19/h2-4,11,14,17H,5-8,20H2,1H3/t11-,14+,17-/m1/s1. The van der Waals surface area contributed by atoms with Crippen molar-refractivity contribution in [3.05, 3.63) is 52.7 Å². The van der Waals surface area contributed by atoms with Crippen molar-refractivity contribution in [1.82, 2.24) is 9.88 Å². The van der Waals surface area contributed by atoms with Crippen molar-refractivity contribution in [2.45, 2.75) is 44.6 Å². The van der Waals surface area contributed by atoms with E-state index in [1.54, 1.807) is 0 Å². The van der Waals surface area contributed by atoms with Gasteiger partial charge in [0.2, 0.25) is 0 Å². The Morgan fingerprint density at radius 3 is 2.88 bits per heavy atom. The topological polar surface area (TPSA) is 64.5 Å². The fraction of sp³-hybridized carbons (Fsp3) is 0.471. The van der Waals surface area contributed by atoms with E-state index in [1.165, 1.54) is 0 Å².